The van der Waals surface area contributed by atoms with Crippen molar-refractivity contribution in [1.82, 2.24) is 14.3 Å². The van der Waals surface area contributed by atoms with Gasteiger partial charge in [-0.05, 0) is 17.7 Å². The van der Waals surface area contributed by atoms with E-state index in [0.717, 1.165) is 42.3 Å². The molecule has 2 aromatic heterocycles. The van der Waals surface area contributed by atoms with Crippen molar-refractivity contribution >= 4 is 22.0 Å². The van der Waals surface area contributed by atoms with Crippen LogP contribution in [0.15, 0.2) is 60.8 Å². The Morgan fingerprint density at radius 3 is 2.64 bits per heavy atom. The van der Waals surface area contributed by atoms with E-state index >= 15 is 0 Å². The molecule has 0 unspecified atom stereocenters. The second kappa shape index (κ2) is 6.85. The van der Waals surface area contributed by atoms with E-state index in [1.54, 1.807) is 23.5 Å². The fourth-order valence-electron chi connectivity index (χ4n) is 3.73. The predicted molar refractivity (Wildman–Crippen MR) is 109 cm³/mol. The fourth-order valence-corrected chi connectivity index (χ4v) is 4.92. The lowest BCUT2D eigenvalue weighted by Gasteiger charge is -2.26. The molecule has 0 N–H and O–H groups in total. The van der Waals surface area contributed by atoms with Crippen LogP contribution >= 0.6 is 11.3 Å². The van der Waals surface area contributed by atoms with Crippen molar-refractivity contribution in [2.45, 2.75) is 19.5 Å². The summed E-state index contributed by atoms with van der Waals surface area (Å²) in [6.45, 7) is 2.94. The summed E-state index contributed by atoms with van der Waals surface area (Å²) in [7, 11) is 0. The van der Waals surface area contributed by atoms with Crippen molar-refractivity contribution in [3.8, 4) is 11.3 Å². The van der Waals surface area contributed by atoms with Crippen LogP contribution in [0.3, 0.4) is 0 Å². The summed E-state index contributed by atoms with van der Waals surface area (Å²) >= 11 is 1.74. The quantitative estimate of drug-likeness (QED) is 0.379. The third-order valence-corrected chi connectivity index (χ3v) is 6.24. The number of nitro groups is 1. The van der Waals surface area contributed by atoms with Gasteiger partial charge in [-0.2, -0.15) is 0 Å². The zero-order valence-corrected chi connectivity index (χ0v) is 15.9. The third-order valence-electron chi connectivity index (χ3n) is 5.16. The number of rotatable bonds is 4. The van der Waals surface area contributed by atoms with Gasteiger partial charge < -0.3 is 0 Å². The summed E-state index contributed by atoms with van der Waals surface area (Å²) in [5.41, 5.74) is 4.53. The summed E-state index contributed by atoms with van der Waals surface area (Å²) < 4.78 is 2.19. The molecule has 0 amide bonds. The van der Waals surface area contributed by atoms with E-state index in [4.69, 9.17) is 4.98 Å². The number of imidazole rings is 1. The van der Waals surface area contributed by atoms with Crippen molar-refractivity contribution in [1.29, 1.82) is 0 Å². The van der Waals surface area contributed by atoms with Crippen molar-refractivity contribution < 1.29 is 4.92 Å². The van der Waals surface area contributed by atoms with Crippen LogP contribution < -0.4 is 0 Å². The Labute approximate surface area is 165 Å². The Bertz CT molecular complexity index is 1150. The molecule has 3 heterocycles. The molecule has 0 bridgehead atoms. The molecule has 0 saturated heterocycles. The van der Waals surface area contributed by atoms with E-state index in [1.165, 1.54) is 28.3 Å². The minimum atomic E-state index is -0.382. The number of nitrogens with zero attached hydrogens (tertiary/aromatic N) is 4. The van der Waals surface area contributed by atoms with Crippen LogP contribution in [0.4, 0.5) is 5.69 Å². The molecule has 0 radical (unpaired) electrons. The van der Waals surface area contributed by atoms with Crippen molar-refractivity contribution in [3.63, 3.8) is 0 Å². The molecule has 0 fully saturated rings. The topological polar surface area (TPSA) is 63.7 Å². The second-order valence-corrected chi connectivity index (χ2v) is 8.06. The normalized spacial score (nSPS) is 14.3. The first-order valence-electron chi connectivity index (χ1n) is 9.18. The number of hydrogen-bond acceptors (Lipinski definition) is 5. The Kier molecular flexibility index (Phi) is 4.18. The highest BCUT2D eigenvalue weighted by molar-refractivity contribution is 7.17. The maximum Gasteiger partial charge on any atom is 0.269 e. The third kappa shape index (κ3) is 3.08. The van der Waals surface area contributed by atoms with E-state index in [1.807, 2.05) is 0 Å². The van der Waals surface area contributed by atoms with Crippen molar-refractivity contribution in [2.24, 2.45) is 0 Å². The monoisotopic (exact) mass is 390 g/mol. The number of fused-ring (bicyclic) bond motifs is 3. The molecule has 1 aliphatic rings. The van der Waals surface area contributed by atoms with E-state index in [9.17, 15) is 10.1 Å². The predicted octanol–water partition coefficient (Wildman–Crippen LogP) is 4.53. The molecule has 1 aliphatic heterocycles. The molecular formula is C21H18N4O2S. The van der Waals surface area contributed by atoms with Gasteiger partial charge in [-0.15, -0.1) is 0 Å². The fraction of sp³-hybridized carbons (Fsp3) is 0.190. The van der Waals surface area contributed by atoms with Crippen LogP contribution in [0.2, 0.25) is 0 Å². The zero-order chi connectivity index (χ0) is 19.1. The molecule has 0 saturated carbocycles. The van der Waals surface area contributed by atoms with Crippen molar-refractivity contribution in [2.75, 3.05) is 6.54 Å². The molecule has 2 aromatic carbocycles. The number of thiazole rings is 1. The summed E-state index contributed by atoms with van der Waals surface area (Å²) in [6.07, 6.45) is 3.05. The SMILES string of the molecule is O=[N+]([O-])c1ccc(-c2cn3c4c(sc3n2)CN(Cc2ccccc2)CC4)cc1. The lowest BCUT2D eigenvalue weighted by atomic mass is 10.1. The average Bonchev–Trinajstić information content (AvgIpc) is 3.26. The van der Waals surface area contributed by atoms with Gasteiger partial charge in [0.2, 0.25) is 0 Å². The van der Waals surface area contributed by atoms with E-state index in [2.05, 4.69) is 45.8 Å². The molecule has 28 heavy (non-hydrogen) atoms. The molecule has 5 rings (SSSR count). The van der Waals surface area contributed by atoms with Crippen LogP contribution in [0.25, 0.3) is 16.2 Å². The van der Waals surface area contributed by atoms with Gasteiger partial charge in [0.15, 0.2) is 4.96 Å². The van der Waals surface area contributed by atoms with Crippen LogP contribution in [0.1, 0.15) is 16.1 Å². The molecule has 6 nitrogen and oxygen atoms in total. The number of non-ortho nitro benzene ring substituents is 1. The first-order chi connectivity index (χ1) is 13.7. The Balaban J connectivity index is 1.39. The highest BCUT2D eigenvalue weighted by Crippen LogP contribution is 2.32. The highest BCUT2D eigenvalue weighted by atomic mass is 32.1. The maximum atomic E-state index is 10.8. The Morgan fingerprint density at radius 2 is 1.89 bits per heavy atom. The van der Waals surface area contributed by atoms with Crippen LogP contribution in [0.5, 0.6) is 0 Å². The van der Waals surface area contributed by atoms with Gasteiger partial charge in [0.25, 0.3) is 5.69 Å². The average molecular weight is 390 g/mol. The molecular weight excluding hydrogens is 372 g/mol. The Hall–Kier alpha value is -3.03. The number of benzene rings is 2. The van der Waals surface area contributed by atoms with Gasteiger partial charge >= 0.3 is 0 Å². The summed E-state index contributed by atoms with van der Waals surface area (Å²) in [4.78, 5) is 20.1. The van der Waals surface area contributed by atoms with Crippen LogP contribution in [0, 0.1) is 10.1 Å². The molecule has 0 atom stereocenters. The number of hydrogen-bond donors (Lipinski definition) is 0. The molecule has 7 heteroatoms. The van der Waals surface area contributed by atoms with Crippen LogP contribution in [-0.2, 0) is 19.5 Å². The molecule has 0 aliphatic carbocycles. The standard InChI is InChI=1S/C21H18N4O2S/c26-25(27)17-8-6-16(7-9-17)18-13-24-19-10-11-23(12-15-4-2-1-3-5-15)14-20(19)28-21(24)22-18/h1-9,13H,10-12,14H2. The Morgan fingerprint density at radius 1 is 1.11 bits per heavy atom. The largest absolute Gasteiger partial charge is 0.294 e. The lowest BCUT2D eigenvalue weighted by molar-refractivity contribution is -0.384. The van der Waals surface area contributed by atoms with E-state index < -0.39 is 0 Å². The zero-order valence-electron chi connectivity index (χ0n) is 15.1. The minimum absolute atomic E-state index is 0.0978. The minimum Gasteiger partial charge on any atom is -0.294 e. The van der Waals surface area contributed by atoms with E-state index in [-0.39, 0.29) is 10.6 Å². The summed E-state index contributed by atoms with van der Waals surface area (Å²) in [5.74, 6) is 0. The van der Waals surface area contributed by atoms with Gasteiger partial charge in [-0.25, -0.2) is 4.98 Å². The number of aromatic nitrogens is 2. The smallest absolute Gasteiger partial charge is 0.269 e. The van der Waals surface area contributed by atoms with Gasteiger partial charge in [0, 0.05) is 60.5 Å². The van der Waals surface area contributed by atoms with E-state index in [0.29, 0.717) is 0 Å². The van der Waals surface area contributed by atoms with Gasteiger partial charge in [-0.1, -0.05) is 41.7 Å². The first kappa shape index (κ1) is 17.1. The molecule has 4 aromatic rings. The van der Waals surface area contributed by atoms with Gasteiger partial charge in [0.1, 0.15) is 0 Å². The summed E-state index contributed by atoms with van der Waals surface area (Å²) in [5, 5.41) is 10.8. The number of nitro benzene ring substituents is 1. The van der Waals surface area contributed by atoms with Crippen LogP contribution in [-0.4, -0.2) is 25.8 Å². The second-order valence-electron chi connectivity index (χ2n) is 7.00. The lowest BCUT2D eigenvalue weighted by Crippen LogP contribution is -2.29. The molecule has 0 spiro atoms. The van der Waals surface area contributed by atoms with Crippen molar-refractivity contribution in [3.05, 3.63) is 87.0 Å². The maximum absolute atomic E-state index is 10.8. The first-order valence-corrected chi connectivity index (χ1v) is 10.00. The summed E-state index contributed by atoms with van der Waals surface area (Å²) in [6, 6.07) is 17.2. The molecule has 140 valence electrons. The highest BCUT2D eigenvalue weighted by Gasteiger charge is 2.22. The van der Waals surface area contributed by atoms with Gasteiger partial charge in [-0.3, -0.25) is 19.4 Å². The van der Waals surface area contributed by atoms with Gasteiger partial charge in [0.05, 0.1) is 10.6 Å².